The predicted molar refractivity (Wildman–Crippen MR) is 92.1 cm³/mol. The molecule has 2 aromatic rings. The van der Waals surface area contributed by atoms with Gasteiger partial charge in [0.15, 0.2) is 0 Å². The molecule has 0 aliphatic carbocycles. The van der Waals surface area contributed by atoms with Crippen LogP contribution in [0.15, 0.2) is 60.7 Å². The van der Waals surface area contributed by atoms with Crippen LogP contribution in [0.2, 0.25) is 0 Å². The highest BCUT2D eigenvalue weighted by molar-refractivity contribution is 5.93. The number of rotatable bonds is 7. The molecule has 2 heteroatoms. The van der Waals surface area contributed by atoms with Crippen LogP contribution in [0.1, 0.15) is 37.8 Å². The van der Waals surface area contributed by atoms with Gasteiger partial charge in [0.2, 0.25) is 0 Å². The molecule has 0 saturated carbocycles. The van der Waals surface area contributed by atoms with Gasteiger partial charge in [-0.3, -0.25) is 4.79 Å². The van der Waals surface area contributed by atoms with Gasteiger partial charge in [0.25, 0.3) is 0 Å². The first-order chi connectivity index (χ1) is 10.6. The molecule has 0 fully saturated rings. The third kappa shape index (κ3) is 3.12. The van der Waals surface area contributed by atoms with E-state index < -0.39 is 5.41 Å². The summed E-state index contributed by atoms with van der Waals surface area (Å²) >= 11 is 0. The Kier molecular flexibility index (Phi) is 5.51. The van der Waals surface area contributed by atoms with E-state index in [-0.39, 0.29) is 11.8 Å². The van der Waals surface area contributed by atoms with Crippen molar-refractivity contribution < 1.29 is 4.79 Å². The van der Waals surface area contributed by atoms with E-state index in [1.165, 1.54) is 0 Å². The van der Waals surface area contributed by atoms with E-state index in [2.05, 4.69) is 36.5 Å². The number of carbonyl (C=O) groups is 1. The standard InChI is InChI=1S/C20H25NO/c1-4-19(22)20(15-16(2)21-3,17-11-7-5-8-12-17)18-13-9-6-10-14-18/h5-14,16,21H,4,15H2,1-3H3/t16-/m1/s1. The zero-order chi connectivity index (χ0) is 16.0. The van der Waals surface area contributed by atoms with Crippen molar-refractivity contribution in [2.75, 3.05) is 7.05 Å². The van der Waals surface area contributed by atoms with Crippen LogP contribution in [0, 0.1) is 0 Å². The van der Waals surface area contributed by atoms with Crippen LogP contribution in [0.25, 0.3) is 0 Å². The maximum absolute atomic E-state index is 13.1. The molecule has 0 bridgehead atoms. The normalized spacial score (nSPS) is 12.9. The van der Waals surface area contributed by atoms with Gasteiger partial charge >= 0.3 is 0 Å². The second kappa shape index (κ2) is 7.37. The van der Waals surface area contributed by atoms with Crippen LogP contribution in [0.5, 0.6) is 0 Å². The Morgan fingerprint density at radius 1 is 1.00 bits per heavy atom. The van der Waals surface area contributed by atoms with E-state index in [9.17, 15) is 4.79 Å². The molecule has 0 amide bonds. The number of nitrogens with one attached hydrogen (secondary N) is 1. The number of carbonyl (C=O) groups excluding carboxylic acids is 1. The molecule has 0 spiro atoms. The number of Topliss-reactive ketones (excluding diaryl/α,β-unsaturated/α-hetero) is 1. The van der Waals surface area contributed by atoms with E-state index in [0.29, 0.717) is 6.42 Å². The molecule has 2 aromatic carbocycles. The average molecular weight is 295 g/mol. The molecular weight excluding hydrogens is 270 g/mol. The quantitative estimate of drug-likeness (QED) is 0.838. The fourth-order valence-corrected chi connectivity index (χ4v) is 3.15. The van der Waals surface area contributed by atoms with Gasteiger partial charge in [-0.05, 0) is 31.5 Å². The zero-order valence-corrected chi connectivity index (χ0v) is 13.7. The number of benzene rings is 2. The van der Waals surface area contributed by atoms with Gasteiger partial charge in [-0.2, -0.15) is 0 Å². The molecule has 1 atom stereocenters. The topological polar surface area (TPSA) is 29.1 Å². The average Bonchev–Trinajstić information content (AvgIpc) is 2.60. The summed E-state index contributed by atoms with van der Waals surface area (Å²) in [5, 5.41) is 3.29. The van der Waals surface area contributed by atoms with Gasteiger partial charge in [0, 0.05) is 12.5 Å². The number of hydrogen-bond donors (Lipinski definition) is 1. The molecule has 2 nitrogen and oxygen atoms in total. The van der Waals surface area contributed by atoms with E-state index in [1.807, 2.05) is 50.4 Å². The van der Waals surface area contributed by atoms with Crippen LogP contribution in [-0.4, -0.2) is 18.9 Å². The summed E-state index contributed by atoms with van der Waals surface area (Å²) in [4.78, 5) is 13.1. The number of ketones is 1. The Hall–Kier alpha value is -1.93. The van der Waals surface area contributed by atoms with Gasteiger partial charge in [-0.25, -0.2) is 0 Å². The van der Waals surface area contributed by atoms with Gasteiger partial charge in [-0.1, -0.05) is 67.6 Å². The van der Waals surface area contributed by atoms with Crippen molar-refractivity contribution in [2.45, 2.75) is 38.1 Å². The molecular formula is C20H25NO. The lowest BCUT2D eigenvalue weighted by molar-refractivity contribution is -0.123. The maximum atomic E-state index is 13.1. The summed E-state index contributed by atoms with van der Waals surface area (Å²) in [6.45, 7) is 4.08. The van der Waals surface area contributed by atoms with Crippen LogP contribution < -0.4 is 5.32 Å². The van der Waals surface area contributed by atoms with Gasteiger partial charge < -0.3 is 5.32 Å². The van der Waals surface area contributed by atoms with Crippen molar-refractivity contribution >= 4 is 5.78 Å². The molecule has 0 saturated heterocycles. The van der Waals surface area contributed by atoms with Crippen LogP contribution >= 0.6 is 0 Å². The largest absolute Gasteiger partial charge is 0.317 e. The van der Waals surface area contributed by atoms with Crippen molar-refractivity contribution in [3.8, 4) is 0 Å². The number of hydrogen-bond acceptors (Lipinski definition) is 2. The third-order valence-electron chi connectivity index (χ3n) is 4.44. The summed E-state index contributed by atoms with van der Waals surface area (Å²) in [5.41, 5.74) is 1.57. The third-order valence-corrected chi connectivity index (χ3v) is 4.44. The molecule has 2 rings (SSSR count). The van der Waals surface area contributed by atoms with Crippen molar-refractivity contribution in [1.29, 1.82) is 0 Å². The van der Waals surface area contributed by atoms with Gasteiger partial charge in [0.1, 0.15) is 5.78 Å². The molecule has 0 unspecified atom stereocenters. The first kappa shape index (κ1) is 16.4. The smallest absolute Gasteiger partial charge is 0.147 e. The Morgan fingerprint density at radius 2 is 1.45 bits per heavy atom. The summed E-state index contributed by atoms with van der Waals surface area (Å²) < 4.78 is 0. The molecule has 22 heavy (non-hydrogen) atoms. The second-order valence-electron chi connectivity index (χ2n) is 5.81. The Labute approximate surface area is 133 Å². The van der Waals surface area contributed by atoms with Crippen molar-refractivity contribution in [1.82, 2.24) is 5.32 Å². The zero-order valence-electron chi connectivity index (χ0n) is 13.7. The molecule has 1 N–H and O–H groups in total. The first-order valence-corrected chi connectivity index (χ1v) is 7.96. The Bertz CT molecular complexity index is 552. The van der Waals surface area contributed by atoms with E-state index in [4.69, 9.17) is 0 Å². The molecule has 0 aromatic heterocycles. The maximum Gasteiger partial charge on any atom is 0.147 e. The summed E-state index contributed by atoms with van der Waals surface area (Å²) in [7, 11) is 1.95. The van der Waals surface area contributed by atoms with Crippen molar-refractivity contribution in [3.05, 3.63) is 71.8 Å². The van der Waals surface area contributed by atoms with Crippen LogP contribution in [0.3, 0.4) is 0 Å². The monoisotopic (exact) mass is 295 g/mol. The lowest BCUT2D eigenvalue weighted by atomic mass is 9.67. The van der Waals surface area contributed by atoms with Crippen molar-refractivity contribution in [2.24, 2.45) is 0 Å². The highest BCUT2D eigenvalue weighted by Crippen LogP contribution is 2.38. The highest BCUT2D eigenvalue weighted by Gasteiger charge is 2.41. The minimum Gasteiger partial charge on any atom is -0.317 e. The van der Waals surface area contributed by atoms with Gasteiger partial charge in [0.05, 0.1) is 5.41 Å². The lowest BCUT2D eigenvalue weighted by Gasteiger charge is -2.36. The van der Waals surface area contributed by atoms with Gasteiger partial charge in [-0.15, -0.1) is 0 Å². The highest BCUT2D eigenvalue weighted by atomic mass is 16.1. The SMILES string of the molecule is CCC(=O)C(C[C@@H](C)NC)(c1ccccc1)c1ccccc1. The molecule has 0 heterocycles. The summed E-state index contributed by atoms with van der Waals surface area (Å²) in [6.07, 6.45) is 1.28. The predicted octanol–water partition coefficient (Wildman–Crippen LogP) is 3.95. The summed E-state index contributed by atoms with van der Waals surface area (Å²) in [5.74, 6) is 0.270. The molecule has 116 valence electrons. The van der Waals surface area contributed by atoms with E-state index in [1.54, 1.807) is 0 Å². The molecule has 0 radical (unpaired) electrons. The van der Waals surface area contributed by atoms with Crippen LogP contribution in [0.4, 0.5) is 0 Å². The summed E-state index contributed by atoms with van der Waals surface area (Å²) in [6, 6.07) is 20.6. The van der Waals surface area contributed by atoms with Crippen LogP contribution in [-0.2, 0) is 10.2 Å². The van der Waals surface area contributed by atoms with E-state index >= 15 is 0 Å². The fourth-order valence-electron chi connectivity index (χ4n) is 3.15. The lowest BCUT2D eigenvalue weighted by Crippen LogP contribution is -2.42. The first-order valence-electron chi connectivity index (χ1n) is 7.96. The fraction of sp³-hybridized carbons (Fsp3) is 0.350. The van der Waals surface area contributed by atoms with E-state index in [0.717, 1.165) is 17.5 Å². The van der Waals surface area contributed by atoms with Crippen molar-refractivity contribution in [3.63, 3.8) is 0 Å². The minimum atomic E-state index is -0.584. The second-order valence-corrected chi connectivity index (χ2v) is 5.81. The Morgan fingerprint density at radius 3 is 1.82 bits per heavy atom. The molecule has 0 aliphatic rings. The minimum absolute atomic E-state index is 0.246. The molecule has 0 aliphatic heterocycles. The Balaban J connectivity index is 2.66.